The highest BCUT2D eigenvalue weighted by Gasteiger charge is 2.46. The van der Waals surface area contributed by atoms with Crippen LogP contribution in [0.2, 0.25) is 0 Å². The van der Waals surface area contributed by atoms with Crippen LogP contribution in [-0.2, 0) is 9.53 Å². The van der Waals surface area contributed by atoms with E-state index < -0.39 is 5.97 Å². The van der Waals surface area contributed by atoms with Crippen LogP contribution in [0.25, 0.3) is 0 Å². The van der Waals surface area contributed by atoms with Crippen molar-refractivity contribution in [1.29, 1.82) is 0 Å². The van der Waals surface area contributed by atoms with E-state index in [1.807, 2.05) is 0 Å². The Hall–Kier alpha value is -1.52. The van der Waals surface area contributed by atoms with Crippen LogP contribution in [-0.4, -0.2) is 41.3 Å². The summed E-state index contributed by atoms with van der Waals surface area (Å²) in [6.45, 7) is 4.31. The number of carboxylic acids is 1. The van der Waals surface area contributed by atoms with Crippen LogP contribution in [0.15, 0.2) is 12.7 Å². The summed E-state index contributed by atoms with van der Waals surface area (Å²) in [6, 6.07) is 0.0390. The van der Waals surface area contributed by atoms with E-state index in [1.54, 1.807) is 4.90 Å². The lowest BCUT2D eigenvalue weighted by molar-refractivity contribution is -0.145. The lowest BCUT2D eigenvalue weighted by Crippen LogP contribution is -2.43. The SMILES string of the molecule is C=CCOC(=O)N1CCC2C(C(=O)O)CCCC21. The van der Waals surface area contributed by atoms with Crippen LogP contribution in [0, 0.1) is 11.8 Å². The summed E-state index contributed by atoms with van der Waals surface area (Å²) in [5.74, 6) is -0.945. The summed E-state index contributed by atoms with van der Waals surface area (Å²) in [7, 11) is 0. The van der Waals surface area contributed by atoms with E-state index in [-0.39, 0.29) is 30.6 Å². The molecule has 0 bridgehead atoms. The molecule has 0 spiro atoms. The number of hydrogen-bond donors (Lipinski definition) is 1. The Kier molecular flexibility index (Phi) is 3.89. The fourth-order valence-electron chi connectivity index (χ4n) is 3.22. The summed E-state index contributed by atoms with van der Waals surface area (Å²) in [5, 5.41) is 9.20. The Balaban J connectivity index is 2.03. The number of ether oxygens (including phenoxy) is 1. The van der Waals surface area contributed by atoms with Gasteiger partial charge in [0.25, 0.3) is 0 Å². The average Bonchev–Trinajstić information content (AvgIpc) is 2.79. The molecule has 100 valence electrons. The molecule has 0 aromatic rings. The van der Waals surface area contributed by atoms with E-state index in [1.165, 1.54) is 6.08 Å². The zero-order chi connectivity index (χ0) is 13.1. The second-order valence-electron chi connectivity index (χ2n) is 4.95. The van der Waals surface area contributed by atoms with Crippen LogP contribution in [0.4, 0.5) is 4.79 Å². The predicted octanol–water partition coefficient (Wildman–Crippen LogP) is 1.88. The van der Waals surface area contributed by atoms with Gasteiger partial charge in [0.15, 0.2) is 0 Å². The third kappa shape index (κ3) is 2.35. The van der Waals surface area contributed by atoms with E-state index in [0.29, 0.717) is 6.54 Å². The van der Waals surface area contributed by atoms with Crippen molar-refractivity contribution in [3.05, 3.63) is 12.7 Å². The van der Waals surface area contributed by atoms with Crippen LogP contribution < -0.4 is 0 Å². The molecule has 3 unspecified atom stereocenters. The fourth-order valence-corrected chi connectivity index (χ4v) is 3.22. The van der Waals surface area contributed by atoms with Crippen LogP contribution in [0.1, 0.15) is 25.7 Å². The highest BCUT2D eigenvalue weighted by Crippen LogP contribution is 2.40. The minimum absolute atomic E-state index is 0.0390. The van der Waals surface area contributed by atoms with Crippen LogP contribution in [0.5, 0.6) is 0 Å². The molecule has 1 aliphatic carbocycles. The van der Waals surface area contributed by atoms with Gasteiger partial charge in [0.2, 0.25) is 0 Å². The van der Waals surface area contributed by atoms with Gasteiger partial charge in [0.1, 0.15) is 6.61 Å². The van der Waals surface area contributed by atoms with Gasteiger partial charge in [-0.2, -0.15) is 0 Å². The minimum Gasteiger partial charge on any atom is -0.481 e. The molecular formula is C13H19NO4. The summed E-state index contributed by atoms with van der Waals surface area (Å²) in [5.41, 5.74) is 0. The minimum atomic E-state index is -0.731. The van der Waals surface area contributed by atoms with E-state index in [9.17, 15) is 14.7 Å². The molecule has 5 nitrogen and oxygen atoms in total. The maximum absolute atomic E-state index is 11.8. The third-order valence-corrected chi connectivity index (χ3v) is 4.01. The van der Waals surface area contributed by atoms with Gasteiger partial charge < -0.3 is 14.7 Å². The van der Waals surface area contributed by atoms with Gasteiger partial charge in [-0.05, 0) is 25.2 Å². The van der Waals surface area contributed by atoms with Crippen molar-refractivity contribution in [3.63, 3.8) is 0 Å². The lowest BCUT2D eigenvalue weighted by Gasteiger charge is -2.34. The number of hydrogen-bond acceptors (Lipinski definition) is 3. The summed E-state index contributed by atoms with van der Waals surface area (Å²) in [4.78, 5) is 24.7. The Morgan fingerprint density at radius 1 is 1.39 bits per heavy atom. The molecule has 1 amide bonds. The van der Waals surface area contributed by atoms with Crippen molar-refractivity contribution in [2.24, 2.45) is 11.8 Å². The van der Waals surface area contributed by atoms with Crippen molar-refractivity contribution >= 4 is 12.1 Å². The van der Waals surface area contributed by atoms with Crippen LogP contribution in [0.3, 0.4) is 0 Å². The van der Waals surface area contributed by atoms with Gasteiger partial charge in [0.05, 0.1) is 5.92 Å². The van der Waals surface area contributed by atoms with Crippen molar-refractivity contribution in [1.82, 2.24) is 4.90 Å². The Bertz CT molecular complexity index is 355. The molecule has 1 saturated carbocycles. The fraction of sp³-hybridized carbons (Fsp3) is 0.692. The van der Waals surface area contributed by atoms with Gasteiger partial charge in [-0.15, -0.1) is 0 Å². The number of nitrogens with zero attached hydrogens (tertiary/aromatic N) is 1. The number of carbonyl (C=O) groups is 2. The molecule has 18 heavy (non-hydrogen) atoms. The monoisotopic (exact) mass is 253 g/mol. The smallest absolute Gasteiger partial charge is 0.410 e. The first-order valence-corrected chi connectivity index (χ1v) is 6.42. The molecule has 3 atom stereocenters. The number of carboxylic acid groups (broad SMARTS) is 1. The molecule has 1 aliphatic heterocycles. The van der Waals surface area contributed by atoms with Gasteiger partial charge in [-0.3, -0.25) is 4.79 Å². The van der Waals surface area contributed by atoms with Crippen molar-refractivity contribution in [3.8, 4) is 0 Å². The first kappa shape index (κ1) is 12.9. The maximum atomic E-state index is 11.8. The topological polar surface area (TPSA) is 66.8 Å². The van der Waals surface area contributed by atoms with Gasteiger partial charge in [0, 0.05) is 12.6 Å². The normalized spacial score (nSPS) is 30.7. The molecule has 2 rings (SSSR count). The molecule has 2 fully saturated rings. The zero-order valence-electron chi connectivity index (χ0n) is 10.4. The molecule has 2 aliphatic rings. The third-order valence-electron chi connectivity index (χ3n) is 4.01. The first-order chi connectivity index (χ1) is 8.65. The van der Waals surface area contributed by atoms with Gasteiger partial charge in [-0.1, -0.05) is 19.1 Å². The molecule has 0 aromatic heterocycles. The van der Waals surface area contributed by atoms with Crippen molar-refractivity contribution in [2.45, 2.75) is 31.7 Å². The number of carbonyl (C=O) groups excluding carboxylic acids is 1. The Morgan fingerprint density at radius 3 is 2.83 bits per heavy atom. The average molecular weight is 253 g/mol. The highest BCUT2D eigenvalue weighted by molar-refractivity contribution is 5.72. The molecule has 1 N–H and O–H groups in total. The van der Waals surface area contributed by atoms with Crippen molar-refractivity contribution in [2.75, 3.05) is 13.2 Å². The number of aliphatic carboxylic acids is 1. The van der Waals surface area contributed by atoms with E-state index in [0.717, 1.165) is 25.7 Å². The zero-order valence-corrected chi connectivity index (χ0v) is 10.4. The molecule has 1 saturated heterocycles. The van der Waals surface area contributed by atoms with Gasteiger partial charge in [-0.25, -0.2) is 4.79 Å². The number of amides is 1. The molecular weight excluding hydrogens is 234 g/mol. The second-order valence-corrected chi connectivity index (χ2v) is 4.95. The summed E-state index contributed by atoms with van der Waals surface area (Å²) in [6.07, 6.45) is 4.44. The standard InChI is InChI=1S/C13H19NO4/c1-2-8-18-13(17)14-7-6-9-10(12(15)16)4-3-5-11(9)14/h2,9-11H,1,3-8H2,(H,15,16). The quantitative estimate of drug-likeness (QED) is 0.780. The first-order valence-electron chi connectivity index (χ1n) is 6.42. The number of rotatable bonds is 3. The maximum Gasteiger partial charge on any atom is 0.410 e. The number of fused-ring (bicyclic) bond motifs is 1. The highest BCUT2D eigenvalue weighted by atomic mass is 16.6. The largest absolute Gasteiger partial charge is 0.481 e. The van der Waals surface area contributed by atoms with E-state index in [2.05, 4.69) is 6.58 Å². The van der Waals surface area contributed by atoms with Gasteiger partial charge >= 0.3 is 12.1 Å². The second kappa shape index (κ2) is 5.42. The molecule has 5 heteroatoms. The van der Waals surface area contributed by atoms with Crippen LogP contribution >= 0.6 is 0 Å². The molecule has 0 radical (unpaired) electrons. The predicted molar refractivity (Wildman–Crippen MR) is 65.1 cm³/mol. The molecule has 1 heterocycles. The lowest BCUT2D eigenvalue weighted by atomic mass is 9.76. The Labute approximate surface area is 106 Å². The summed E-state index contributed by atoms with van der Waals surface area (Å²) >= 11 is 0. The Morgan fingerprint density at radius 2 is 2.17 bits per heavy atom. The van der Waals surface area contributed by atoms with E-state index in [4.69, 9.17) is 4.74 Å². The number of likely N-dealkylation sites (tertiary alicyclic amines) is 1. The summed E-state index contributed by atoms with van der Waals surface area (Å²) < 4.78 is 5.04. The molecule has 0 aromatic carbocycles. The van der Waals surface area contributed by atoms with Crippen molar-refractivity contribution < 1.29 is 19.4 Å². The van der Waals surface area contributed by atoms with E-state index >= 15 is 0 Å².